The van der Waals surface area contributed by atoms with Gasteiger partial charge in [0.25, 0.3) is 0 Å². The summed E-state index contributed by atoms with van der Waals surface area (Å²) < 4.78 is 0. The molecule has 2 N–H and O–H groups in total. The minimum absolute atomic E-state index is 0. The van der Waals surface area contributed by atoms with E-state index < -0.39 is 36.4 Å². The molecule has 0 aliphatic heterocycles. The zero-order valence-corrected chi connectivity index (χ0v) is 11.4. The van der Waals surface area contributed by atoms with Gasteiger partial charge < -0.3 is 30.0 Å². The summed E-state index contributed by atoms with van der Waals surface area (Å²) in [5.74, 6) is -5.67. The van der Waals surface area contributed by atoms with E-state index in [0.29, 0.717) is 0 Å². The van der Waals surface area contributed by atoms with E-state index in [0.717, 1.165) is 0 Å². The first-order chi connectivity index (χ1) is 5.78. The number of carboxylic acids is 3. The van der Waals surface area contributed by atoms with Crippen molar-refractivity contribution in [3.05, 3.63) is 0 Å². The monoisotopic (exact) mass is 264 g/mol. The molecule has 2 unspecified atom stereocenters. The van der Waals surface area contributed by atoms with Crippen LogP contribution in [0.3, 0.4) is 0 Å². The van der Waals surface area contributed by atoms with Gasteiger partial charge >= 0.3 is 43.7 Å². The van der Waals surface area contributed by atoms with E-state index in [9.17, 15) is 24.6 Å². The smallest absolute Gasteiger partial charge is 0.550 e. The summed E-state index contributed by atoms with van der Waals surface area (Å²) >= 11 is 0. The largest absolute Gasteiger partial charge is 2.00 e. The molecule has 0 radical (unpaired) electrons. The van der Waals surface area contributed by atoms with Gasteiger partial charge in [0.05, 0.1) is 12.4 Å². The molecule has 2 atom stereocenters. The van der Waals surface area contributed by atoms with Crippen LogP contribution in [0.15, 0.2) is 0 Å². The Morgan fingerprint density at radius 1 is 1.13 bits per heavy atom. The van der Waals surface area contributed by atoms with Crippen molar-refractivity contribution in [2.75, 3.05) is 0 Å². The van der Waals surface area contributed by atoms with Crippen molar-refractivity contribution in [1.29, 1.82) is 0 Å². The van der Waals surface area contributed by atoms with Gasteiger partial charge in [-0.25, -0.2) is 0 Å². The Bertz CT molecular complexity index is 238. The quantitative estimate of drug-likeness (QED) is 0.379. The molecule has 9 heteroatoms. The normalized spacial score (nSPS) is 12.6. The fourth-order valence-electron chi connectivity index (χ4n) is 0.696. The molecule has 0 aliphatic rings. The Kier molecular flexibility index (Phi) is 11.2. The van der Waals surface area contributed by atoms with Gasteiger partial charge in [-0.2, -0.15) is 9.90 Å². The summed E-state index contributed by atoms with van der Waals surface area (Å²) in [6.07, 6.45) is -2.56. The predicted octanol–water partition coefficient (Wildman–Crippen LogP) is -4.24. The zero-order chi connectivity index (χ0) is 10.6. The summed E-state index contributed by atoms with van der Waals surface area (Å²) in [5.41, 5.74) is -2.91. The molecule has 82 valence electrons. The molecule has 15 heavy (non-hydrogen) atoms. The number of hydrogen-bond acceptors (Lipinski definition) is 6. The van der Waals surface area contributed by atoms with E-state index in [-0.39, 0.29) is 47.6 Å². The van der Waals surface area contributed by atoms with E-state index in [4.69, 9.17) is 10.2 Å². The molecule has 0 aromatic heterocycles. The Balaban J connectivity index is -0.000000720. The van der Waals surface area contributed by atoms with Crippen LogP contribution in [0.25, 0.3) is 0 Å². The second-order valence-corrected chi connectivity index (χ2v) is 2.44. The Morgan fingerprint density at radius 2 is 1.53 bits per heavy atom. The van der Waals surface area contributed by atoms with E-state index in [1.807, 2.05) is 0 Å². The van der Waals surface area contributed by atoms with Crippen LogP contribution < -0.4 is 10.2 Å². The second-order valence-electron chi connectivity index (χ2n) is 2.44. The molecular weight excluding hydrogens is 255 g/mol. The number of carboxylic acid groups (broad SMARTS) is 3. The number of rotatable bonds is 5. The maximum atomic E-state index is 10.2. The van der Waals surface area contributed by atoms with Gasteiger partial charge in [-0.1, -0.05) is 0 Å². The maximum Gasteiger partial charge on any atom is 2.00 e. The average molecular weight is 264 g/mol. The van der Waals surface area contributed by atoms with Crippen LogP contribution in [0.5, 0.6) is 0 Å². The molecule has 0 aromatic rings. The number of aliphatic carboxylic acids is 3. The SMILES string of the molecule is O=C([O-])CC(O)(CC(=O)O)C(=O)[O-].P.[Ca+2]. The van der Waals surface area contributed by atoms with Crippen LogP contribution >= 0.6 is 9.90 Å². The first-order valence-electron chi connectivity index (χ1n) is 3.13. The number of aliphatic hydroxyl groups is 1. The van der Waals surface area contributed by atoms with Gasteiger partial charge in [0, 0.05) is 12.4 Å². The van der Waals surface area contributed by atoms with E-state index in [1.54, 1.807) is 0 Å². The molecule has 0 rings (SSSR count). The molecule has 0 saturated carbocycles. The molecule has 0 saturated heterocycles. The van der Waals surface area contributed by atoms with Crippen LogP contribution in [-0.2, 0) is 14.4 Å². The summed E-state index contributed by atoms with van der Waals surface area (Å²) in [6, 6.07) is 0. The van der Waals surface area contributed by atoms with E-state index in [1.165, 1.54) is 0 Å². The minimum atomic E-state index is -2.91. The summed E-state index contributed by atoms with van der Waals surface area (Å²) in [4.78, 5) is 30.2. The third-order valence-electron chi connectivity index (χ3n) is 1.26. The first-order valence-corrected chi connectivity index (χ1v) is 3.13. The number of carbonyl (C=O) groups is 3. The van der Waals surface area contributed by atoms with Crippen LogP contribution in [0.4, 0.5) is 0 Å². The van der Waals surface area contributed by atoms with Crippen molar-refractivity contribution < 1.29 is 34.8 Å². The third-order valence-corrected chi connectivity index (χ3v) is 1.26. The standard InChI is InChI=1S/C6H8O7.Ca.H3P/c7-3(8)1-6(13,5(11)12)2-4(9)10;;/h13H,1-2H2,(H,7,8)(H,9,10)(H,11,12);;1H3/q;+2;/p-2. The molecule has 0 fully saturated rings. The molecule has 0 amide bonds. The van der Waals surface area contributed by atoms with Crippen molar-refractivity contribution in [1.82, 2.24) is 0 Å². The van der Waals surface area contributed by atoms with Crippen LogP contribution in [0, 0.1) is 0 Å². The van der Waals surface area contributed by atoms with Gasteiger partial charge in [-0.05, 0) is 0 Å². The van der Waals surface area contributed by atoms with Crippen molar-refractivity contribution in [2.45, 2.75) is 18.4 Å². The van der Waals surface area contributed by atoms with E-state index >= 15 is 0 Å². The zero-order valence-electron chi connectivity index (χ0n) is 7.76. The summed E-state index contributed by atoms with van der Waals surface area (Å²) in [5, 5.41) is 37.2. The van der Waals surface area contributed by atoms with Gasteiger partial charge in [0.15, 0.2) is 0 Å². The van der Waals surface area contributed by atoms with Gasteiger partial charge in [0.1, 0.15) is 5.60 Å². The Labute approximate surface area is 118 Å². The molecular formula is C6H9CaO7P. The van der Waals surface area contributed by atoms with Crippen LogP contribution in [-0.4, -0.2) is 71.5 Å². The fraction of sp³-hybridized carbons (Fsp3) is 0.500. The topological polar surface area (TPSA) is 138 Å². The van der Waals surface area contributed by atoms with E-state index in [2.05, 4.69) is 0 Å². The molecule has 0 bridgehead atoms. The van der Waals surface area contributed by atoms with Crippen molar-refractivity contribution in [3.63, 3.8) is 0 Å². The maximum absolute atomic E-state index is 10.2. The first kappa shape index (κ1) is 20.5. The van der Waals surface area contributed by atoms with Gasteiger partial charge in [-0.3, -0.25) is 4.79 Å². The number of hydrogen-bond donors (Lipinski definition) is 2. The molecule has 7 nitrogen and oxygen atoms in total. The molecule has 0 heterocycles. The molecule has 0 spiro atoms. The van der Waals surface area contributed by atoms with Gasteiger partial charge in [-0.15, -0.1) is 0 Å². The second kappa shape index (κ2) is 8.24. The number of carbonyl (C=O) groups excluding carboxylic acids is 2. The Morgan fingerprint density at radius 3 is 1.73 bits per heavy atom. The van der Waals surface area contributed by atoms with Crippen molar-refractivity contribution in [3.8, 4) is 0 Å². The molecule has 0 aromatic carbocycles. The summed E-state index contributed by atoms with van der Waals surface area (Å²) in [7, 11) is 0. The minimum Gasteiger partial charge on any atom is -0.550 e. The summed E-state index contributed by atoms with van der Waals surface area (Å²) in [6.45, 7) is 0. The van der Waals surface area contributed by atoms with Crippen LogP contribution in [0.1, 0.15) is 12.8 Å². The predicted molar refractivity (Wildman–Crippen MR) is 48.7 cm³/mol. The third kappa shape index (κ3) is 7.93. The Hall–Kier alpha value is 0.0597. The van der Waals surface area contributed by atoms with Crippen molar-refractivity contribution >= 4 is 65.5 Å². The fourth-order valence-corrected chi connectivity index (χ4v) is 0.696. The van der Waals surface area contributed by atoms with Gasteiger partial charge in [0.2, 0.25) is 0 Å². The average Bonchev–Trinajstić information content (AvgIpc) is 1.82. The van der Waals surface area contributed by atoms with Crippen molar-refractivity contribution in [2.24, 2.45) is 0 Å². The molecule has 0 aliphatic carbocycles. The van der Waals surface area contributed by atoms with Crippen LogP contribution in [0.2, 0.25) is 0 Å².